The zero-order valence-corrected chi connectivity index (χ0v) is 11.1. The van der Waals surface area contributed by atoms with Crippen molar-refractivity contribution >= 4 is 22.7 Å². The van der Waals surface area contributed by atoms with Crippen molar-refractivity contribution in [3.63, 3.8) is 0 Å². The summed E-state index contributed by atoms with van der Waals surface area (Å²) in [5.41, 5.74) is 2.32. The molecule has 3 N–H and O–H groups in total. The predicted octanol–water partition coefficient (Wildman–Crippen LogP) is 2.34. The van der Waals surface area contributed by atoms with Gasteiger partial charge >= 0.3 is 6.16 Å². The molecule has 1 aliphatic carbocycles. The van der Waals surface area contributed by atoms with Crippen LogP contribution in [0.25, 0.3) is 10.9 Å². The highest BCUT2D eigenvalue weighted by molar-refractivity contribution is 5.92. The zero-order valence-electron chi connectivity index (χ0n) is 11.1. The average Bonchev–Trinajstić information content (AvgIpc) is 3.20. The van der Waals surface area contributed by atoms with Gasteiger partial charge < -0.3 is 20.1 Å². The number of fused-ring (bicyclic) bond motifs is 1. The second-order valence-electron chi connectivity index (χ2n) is 5.00. The molecule has 1 heterocycles. The fourth-order valence-electron chi connectivity index (χ4n) is 2.38. The van der Waals surface area contributed by atoms with Crippen molar-refractivity contribution in [2.24, 2.45) is 0 Å². The van der Waals surface area contributed by atoms with Crippen LogP contribution < -0.4 is 15.9 Å². The lowest BCUT2D eigenvalue weighted by molar-refractivity contribution is 0.143. The maximum Gasteiger partial charge on any atom is 0.511 e. The van der Waals surface area contributed by atoms with E-state index in [0.717, 1.165) is 10.8 Å². The van der Waals surface area contributed by atoms with Crippen LogP contribution in [0.5, 0.6) is 5.75 Å². The molecular weight excluding hydrogens is 324 g/mol. The first-order valence-corrected chi connectivity index (χ1v) is 6.29. The molecular formula is C13H8F4N2O4. The Hall–Kier alpha value is -2.78. The van der Waals surface area contributed by atoms with Gasteiger partial charge in [-0.25, -0.2) is 22.4 Å². The van der Waals surface area contributed by atoms with E-state index in [-0.39, 0.29) is 6.42 Å². The maximum atomic E-state index is 14.1. The van der Waals surface area contributed by atoms with Gasteiger partial charge in [0.05, 0.1) is 28.8 Å². The molecule has 122 valence electrons. The molecule has 2 aromatic rings. The van der Waals surface area contributed by atoms with Crippen LogP contribution in [0.1, 0.15) is 12.5 Å². The van der Waals surface area contributed by atoms with Gasteiger partial charge in [0.15, 0.2) is 23.2 Å². The molecule has 2 atom stereocenters. The van der Waals surface area contributed by atoms with E-state index in [1.165, 1.54) is 0 Å². The van der Waals surface area contributed by atoms with Crippen LogP contribution in [0.4, 0.5) is 28.0 Å². The highest BCUT2D eigenvalue weighted by Crippen LogP contribution is 2.42. The summed E-state index contributed by atoms with van der Waals surface area (Å²) in [5.74, 6) is -6.24. The topological polar surface area (TPSA) is 94.6 Å². The van der Waals surface area contributed by atoms with Gasteiger partial charge in [-0.1, -0.05) is 0 Å². The Morgan fingerprint density at radius 2 is 1.91 bits per heavy atom. The molecule has 0 unspecified atom stereocenters. The van der Waals surface area contributed by atoms with Crippen molar-refractivity contribution < 1.29 is 32.2 Å². The quantitative estimate of drug-likeness (QED) is 0.381. The van der Waals surface area contributed by atoms with E-state index in [4.69, 9.17) is 10.8 Å². The number of nitrogens with two attached hydrogens (primary N) is 1. The number of rotatable bonds is 2. The van der Waals surface area contributed by atoms with Gasteiger partial charge in [0, 0.05) is 6.42 Å². The van der Waals surface area contributed by atoms with Gasteiger partial charge in [-0.15, -0.1) is 0 Å². The van der Waals surface area contributed by atoms with Crippen LogP contribution in [0.3, 0.4) is 0 Å². The smallest absolute Gasteiger partial charge is 0.449 e. The molecule has 3 rings (SSSR count). The van der Waals surface area contributed by atoms with E-state index in [9.17, 15) is 27.2 Å². The number of ether oxygens (including phenoxy) is 1. The first-order valence-electron chi connectivity index (χ1n) is 6.29. The molecule has 1 aliphatic rings. The Balaban J connectivity index is 2.46. The van der Waals surface area contributed by atoms with Crippen molar-refractivity contribution in [1.29, 1.82) is 0 Å². The molecule has 1 saturated carbocycles. The Morgan fingerprint density at radius 1 is 1.30 bits per heavy atom. The van der Waals surface area contributed by atoms with Crippen molar-refractivity contribution in [1.82, 2.24) is 4.57 Å². The molecule has 0 saturated heterocycles. The highest BCUT2D eigenvalue weighted by Gasteiger charge is 2.41. The molecule has 1 fully saturated rings. The molecule has 23 heavy (non-hydrogen) atoms. The van der Waals surface area contributed by atoms with Crippen molar-refractivity contribution in [2.45, 2.75) is 18.6 Å². The minimum Gasteiger partial charge on any atom is -0.449 e. The number of nitrogens with zero attached hydrogens (tertiary/aromatic N) is 1. The molecule has 10 heteroatoms. The van der Waals surface area contributed by atoms with E-state index in [1.807, 2.05) is 0 Å². The predicted molar refractivity (Wildman–Crippen MR) is 69.7 cm³/mol. The number of carboxylic acid groups (broad SMARTS) is 1. The first-order chi connectivity index (χ1) is 10.7. The third-order valence-corrected chi connectivity index (χ3v) is 3.54. The lowest BCUT2D eigenvalue weighted by atomic mass is 10.1. The number of aromatic nitrogens is 1. The molecule has 0 aliphatic heterocycles. The molecule has 0 spiro atoms. The molecule has 0 radical (unpaired) electrons. The number of nitrogen functional groups attached to an aromatic ring is 1. The van der Waals surface area contributed by atoms with Gasteiger partial charge in [-0.2, -0.15) is 0 Å². The van der Waals surface area contributed by atoms with E-state index in [2.05, 4.69) is 4.74 Å². The van der Waals surface area contributed by atoms with Crippen LogP contribution in [0.2, 0.25) is 0 Å². The summed E-state index contributed by atoms with van der Waals surface area (Å²) in [7, 11) is 0. The van der Waals surface area contributed by atoms with Crippen molar-refractivity contribution in [2.75, 3.05) is 5.73 Å². The van der Waals surface area contributed by atoms with E-state index in [1.54, 1.807) is 0 Å². The number of anilines is 1. The van der Waals surface area contributed by atoms with Crippen LogP contribution >= 0.6 is 0 Å². The van der Waals surface area contributed by atoms with Gasteiger partial charge in [0.1, 0.15) is 6.17 Å². The second kappa shape index (κ2) is 4.86. The molecule has 1 aromatic carbocycles. The normalized spacial score (nSPS) is 19.8. The second-order valence-corrected chi connectivity index (χ2v) is 5.00. The lowest BCUT2D eigenvalue weighted by Gasteiger charge is -2.15. The summed E-state index contributed by atoms with van der Waals surface area (Å²) in [6.07, 6.45) is -2.60. The van der Waals surface area contributed by atoms with E-state index >= 15 is 0 Å². The van der Waals surface area contributed by atoms with E-state index < -0.39 is 63.6 Å². The minimum atomic E-state index is -1.91. The molecule has 1 aromatic heterocycles. The van der Waals surface area contributed by atoms with Gasteiger partial charge in [-0.3, -0.25) is 4.79 Å². The Morgan fingerprint density at radius 3 is 2.43 bits per heavy atom. The third-order valence-electron chi connectivity index (χ3n) is 3.54. The molecule has 6 nitrogen and oxygen atoms in total. The molecule has 0 bridgehead atoms. The van der Waals surface area contributed by atoms with Gasteiger partial charge in [0.25, 0.3) is 0 Å². The number of carbonyl (C=O) groups is 1. The van der Waals surface area contributed by atoms with Crippen LogP contribution in [0.15, 0.2) is 11.0 Å². The van der Waals surface area contributed by atoms with Gasteiger partial charge in [0.2, 0.25) is 5.43 Å². The number of hydrogen-bond acceptors (Lipinski definition) is 4. The highest BCUT2D eigenvalue weighted by atomic mass is 19.2. The minimum absolute atomic E-state index is 0.0666. The lowest BCUT2D eigenvalue weighted by Crippen LogP contribution is -2.19. The summed E-state index contributed by atoms with van der Waals surface area (Å²) >= 11 is 0. The summed E-state index contributed by atoms with van der Waals surface area (Å²) < 4.78 is 59.6. The van der Waals surface area contributed by atoms with Crippen LogP contribution in [0, 0.1) is 17.5 Å². The van der Waals surface area contributed by atoms with Crippen LogP contribution in [-0.2, 0) is 0 Å². The van der Waals surface area contributed by atoms with E-state index in [0.29, 0.717) is 0 Å². The molecule has 0 amide bonds. The standard InChI is InChI=1S/C13H8F4N2O4/c14-3-1-4(3)19-2-5(23-13(21)22)12(20)6-10(18)8(16)7(15)9(17)11(6)19/h2-4H,1,18H2,(H,21,22)/t3-,4-/m1/s1. The number of alkyl halides is 1. The number of hydrogen-bond donors (Lipinski definition) is 2. The summed E-state index contributed by atoms with van der Waals surface area (Å²) in [6.45, 7) is 0. The Bertz CT molecular complexity index is 911. The average molecular weight is 332 g/mol. The van der Waals surface area contributed by atoms with Crippen LogP contribution in [-0.4, -0.2) is 22.0 Å². The first kappa shape index (κ1) is 15.1. The van der Waals surface area contributed by atoms with Crippen molar-refractivity contribution in [3.05, 3.63) is 33.9 Å². The van der Waals surface area contributed by atoms with Gasteiger partial charge in [-0.05, 0) is 0 Å². The largest absolute Gasteiger partial charge is 0.511 e. The third kappa shape index (κ3) is 2.17. The summed E-state index contributed by atoms with van der Waals surface area (Å²) in [5, 5.41) is 7.79. The number of benzene rings is 1. The Kier molecular flexibility index (Phi) is 3.20. The summed E-state index contributed by atoms with van der Waals surface area (Å²) in [4.78, 5) is 22.8. The SMILES string of the molecule is Nc1c(F)c(F)c(F)c2c1c(=O)c(OC(=O)O)cn2[C@@H]1C[C@H]1F. The fourth-order valence-corrected chi connectivity index (χ4v) is 2.38. The fraction of sp³-hybridized carbons (Fsp3) is 0.231. The number of pyridine rings is 1. The zero-order chi connectivity index (χ0) is 17.0. The monoisotopic (exact) mass is 332 g/mol. The van der Waals surface area contributed by atoms with Crippen molar-refractivity contribution in [3.8, 4) is 5.75 Å². The Labute approximate surface area is 124 Å². The maximum absolute atomic E-state index is 14.1. The number of halogens is 4. The summed E-state index contributed by atoms with van der Waals surface area (Å²) in [6, 6.07) is -0.965.